The highest BCUT2D eigenvalue weighted by Crippen LogP contribution is 2.39. The molecule has 1 aliphatic rings. The van der Waals surface area contributed by atoms with Gasteiger partial charge in [-0.15, -0.1) is 0 Å². The van der Waals surface area contributed by atoms with Crippen LogP contribution in [0.25, 0.3) is 17.4 Å². The molecule has 0 fully saturated rings. The van der Waals surface area contributed by atoms with Crippen LogP contribution >= 0.6 is 11.8 Å². The van der Waals surface area contributed by atoms with Crippen LogP contribution in [0, 0.1) is 10.1 Å². The molecule has 1 amide bonds. The largest absolute Gasteiger partial charge is 0.457 e. The van der Waals surface area contributed by atoms with Gasteiger partial charge in [-0.1, -0.05) is 36.0 Å². The molecule has 1 aliphatic heterocycles. The number of carbonyl (C=O) groups is 1. The Morgan fingerprint density at radius 3 is 2.77 bits per heavy atom. The van der Waals surface area contributed by atoms with Gasteiger partial charge in [-0.3, -0.25) is 14.9 Å². The van der Waals surface area contributed by atoms with Gasteiger partial charge >= 0.3 is 0 Å². The van der Waals surface area contributed by atoms with Crippen LogP contribution in [0.5, 0.6) is 0 Å². The second-order valence-electron chi connectivity index (χ2n) is 5.57. The van der Waals surface area contributed by atoms with Gasteiger partial charge in [0.25, 0.3) is 11.6 Å². The van der Waals surface area contributed by atoms with Crippen molar-refractivity contribution in [2.24, 2.45) is 0 Å². The van der Waals surface area contributed by atoms with Crippen molar-refractivity contribution in [3.05, 3.63) is 81.4 Å². The monoisotopic (exact) mass is 364 g/mol. The number of fused-ring (bicyclic) bond motifs is 1. The lowest BCUT2D eigenvalue weighted by molar-refractivity contribution is -0.384. The van der Waals surface area contributed by atoms with Gasteiger partial charge in [-0.2, -0.15) is 0 Å². The number of nitro groups is 1. The summed E-state index contributed by atoms with van der Waals surface area (Å²) in [6.07, 6.45) is 1.66. The molecule has 0 radical (unpaired) electrons. The topological polar surface area (TPSA) is 85.4 Å². The highest BCUT2D eigenvalue weighted by atomic mass is 32.2. The number of nitro benzene ring substituents is 1. The van der Waals surface area contributed by atoms with Crippen molar-refractivity contribution in [1.82, 2.24) is 0 Å². The van der Waals surface area contributed by atoms with Crippen molar-refractivity contribution in [3.63, 3.8) is 0 Å². The first-order valence-corrected chi connectivity index (χ1v) is 8.56. The standard InChI is InChI=1S/C19H12N2O4S/c22-19-18(26-17-7-2-1-6-15(17)20-19)11-14-8-9-16(25-14)12-4-3-5-13(10-12)21(23)24/h1-11H,(H,20,22)/b18-11-. The molecule has 6 nitrogen and oxygen atoms in total. The van der Waals surface area contributed by atoms with Gasteiger partial charge in [0.15, 0.2) is 0 Å². The van der Waals surface area contributed by atoms with Gasteiger partial charge in [0.2, 0.25) is 0 Å². The maximum atomic E-state index is 12.2. The summed E-state index contributed by atoms with van der Waals surface area (Å²) in [6, 6.07) is 17.2. The van der Waals surface area contributed by atoms with Gasteiger partial charge < -0.3 is 9.73 Å². The predicted molar refractivity (Wildman–Crippen MR) is 99.7 cm³/mol. The summed E-state index contributed by atoms with van der Waals surface area (Å²) in [5.74, 6) is 0.813. The van der Waals surface area contributed by atoms with Gasteiger partial charge in [0, 0.05) is 28.7 Å². The van der Waals surface area contributed by atoms with Crippen LogP contribution in [0.1, 0.15) is 5.76 Å². The molecule has 0 bridgehead atoms. The third-order valence-corrected chi connectivity index (χ3v) is 4.92. The van der Waals surface area contributed by atoms with Crippen LogP contribution in [0.15, 0.2) is 74.9 Å². The highest BCUT2D eigenvalue weighted by molar-refractivity contribution is 8.04. The number of carbonyl (C=O) groups excluding carboxylic acids is 1. The Hall–Kier alpha value is -3.32. The molecule has 7 heteroatoms. The average molecular weight is 364 g/mol. The number of para-hydroxylation sites is 1. The minimum Gasteiger partial charge on any atom is -0.457 e. The summed E-state index contributed by atoms with van der Waals surface area (Å²) < 4.78 is 5.75. The Balaban J connectivity index is 1.63. The maximum Gasteiger partial charge on any atom is 0.270 e. The van der Waals surface area contributed by atoms with Crippen LogP contribution in [-0.2, 0) is 4.79 Å². The molecule has 0 aliphatic carbocycles. The summed E-state index contributed by atoms with van der Waals surface area (Å²) in [7, 11) is 0. The first kappa shape index (κ1) is 16.2. The van der Waals surface area contributed by atoms with E-state index in [4.69, 9.17) is 4.42 Å². The minimum atomic E-state index is -0.449. The molecule has 4 rings (SSSR count). The fraction of sp³-hybridized carbons (Fsp3) is 0. The van der Waals surface area contributed by atoms with Crippen LogP contribution in [0.2, 0.25) is 0 Å². The number of rotatable bonds is 3. The Kier molecular flexibility index (Phi) is 4.06. The molecule has 2 heterocycles. The zero-order chi connectivity index (χ0) is 18.1. The number of anilines is 1. The molecule has 0 saturated carbocycles. The number of furan rings is 1. The van der Waals surface area contributed by atoms with E-state index in [-0.39, 0.29) is 11.6 Å². The summed E-state index contributed by atoms with van der Waals surface area (Å²) in [6.45, 7) is 0. The summed E-state index contributed by atoms with van der Waals surface area (Å²) in [5.41, 5.74) is 1.39. The molecule has 128 valence electrons. The fourth-order valence-electron chi connectivity index (χ4n) is 2.59. The van der Waals surface area contributed by atoms with E-state index in [1.54, 1.807) is 30.3 Å². The molecule has 3 aromatic rings. The minimum absolute atomic E-state index is 0.00220. The van der Waals surface area contributed by atoms with E-state index in [2.05, 4.69) is 5.32 Å². The Labute approximate surface area is 152 Å². The van der Waals surface area contributed by atoms with E-state index in [1.807, 2.05) is 24.3 Å². The number of hydrogen-bond acceptors (Lipinski definition) is 5. The molecule has 1 N–H and O–H groups in total. The Morgan fingerprint density at radius 1 is 1.08 bits per heavy atom. The third-order valence-electron chi connectivity index (χ3n) is 3.82. The zero-order valence-electron chi connectivity index (χ0n) is 13.3. The lowest BCUT2D eigenvalue weighted by Crippen LogP contribution is -2.16. The van der Waals surface area contributed by atoms with E-state index in [9.17, 15) is 14.9 Å². The Morgan fingerprint density at radius 2 is 1.92 bits per heavy atom. The van der Waals surface area contributed by atoms with E-state index >= 15 is 0 Å². The molecule has 2 aromatic carbocycles. The number of non-ortho nitro benzene ring substituents is 1. The summed E-state index contributed by atoms with van der Waals surface area (Å²) in [5, 5.41) is 13.8. The van der Waals surface area contributed by atoms with Crippen molar-refractivity contribution < 1.29 is 14.1 Å². The first-order chi connectivity index (χ1) is 12.6. The van der Waals surface area contributed by atoms with E-state index in [0.717, 1.165) is 10.6 Å². The molecule has 0 atom stereocenters. The van der Waals surface area contributed by atoms with Crippen LogP contribution < -0.4 is 5.32 Å². The van der Waals surface area contributed by atoms with Crippen molar-refractivity contribution in [2.75, 3.05) is 5.32 Å². The van der Waals surface area contributed by atoms with Crippen LogP contribution in [0.3, 0.4) is 0 Å². The van der Waals surface area contributed by atoms with E-state index in [0.29, 0.717) is 22.0 Å². The number of nitrogens with zero attached hydrogens (tertiary/aromatic N) is 1. The molecule has 0 unspecified atom stereocenters. The number of nitrogens with one attached hydrogen (secondary N) is 1. The number of benzene rings is 2. The molecular formula is C19H12N2O4S. The zero-order valence-corrected chi connectivity index (χ0v) is 14.2. The lowest BCUT2D eigenvalue weighted by Gasteiger charge is -2.17. The lowest BCUT2D eigenvalue weighted by atomic mass is 10.1. The molecule has 26 heavy (non-hydrogen) atoms. The smallest absolute Gasteiger partial charge is 0.270 e. The first-order valence-electron chi connectivity index (χ1n) is 7.75. The van der Waals surface area contributed by atoms with Crippen LogP contribution in [0.4, 0.5) is 11.4 Å². The molecule has 1 aromatic heterocycles. The van der Waals surface area contributed by atoms with Gasteiger partial charge in [-0.05, 0) is 24.3 Å². The van der Waals surface area contributed by atoms with Crippen LogP contribution in [-0.4, -0.2) is 10.8 Å². The molecule has 0 saturated heterocycles. The molecular weight excluding hydrogens is 352 g/mol. The van der Waals surface area contributed by atoms with E-state index < -0.39 is 4.92 Å². The third kappa shape index (κ3) is 3.12. The van der Waals surface area contributed by atoms with E-state index in [1.165, 1.54) is 23.9 Å². The average Bonchev–Trinajstić information content (AvgIpc) is 3.11. The number of amides is 1. The highest BCUT2D eigenvalue weighted by Gasteiger charge is 2.21. The van der Waals surface area contributed by atoms with Crippen molar-refractivity contribution in [2.45, 2.75) is 4.90 Å². The molecule has 0 spiro atoms. The summed E-state index contributed by atoms with van der Waals surface area (Å²) >= 11 is 1.37. The van der Waals surface area contributed by atoms with Crippen molar-refractivity contribution >= 4 is 35.1 Å². The van der Waals surface area contributed by atoms with Gasteiger partial charge in [-0.25, -0.2) is 0 Å². The normalized spacial score (nSPS) is 14.8. The van der Waals surface area contributed by atoms with Crippen molar-refractivity contribution in [1.29, 1.82) is 0 Å². The quantitative estimate of drug-likeness (QED) is 0.404. The van der Waals surface area contributed by atoms with Crippen molar-refractivity contribution in [3.8, 4) is 11.3 Å². The number of hydrogen-bond donors (Lipinski definition) is 1. The second kappa shape index (κ2) is 6.53. The summed E-state index contributed by atoms with van der Waals surface area (Å²) in [4.78, 5) is 24.2. The SMILES string of the molecule is O=C1Nc2ccccc2S/C1=C\c1ccc(-c2cccc([N+](=O)[O-])c2)o1. The van der Waals surface area contributed by atoms with Gasteiger partial charge in [0.05, 0.1) is 15.5 Å². The number of thioether (sulfide) groups is 1. The predicted octanol–water partition coefficient (Wildman–Crippen LogP) is 4.94. The fourth-order valence-corrected chi connectivity index (χ4v) is 3.52. The maximum absolute atomic E-state index is 12.2. The Bertz CT molecular complexity index is 1050. The van der Waals surface area contributed by atoms with Gasteiger partial charge in [0.1, 0.15) is 11.5 Å². The second-order valence-corrected chi connectivity index (χ2v) is 6.65.